The lowest BCUT2D eigenvalue weighted by Crippen LogP contribution is -2.08. The molecule has 0 aliphatic carbocycles. The van der Waals surface area contributed by atoms with Crippen LogP contribution in [0.2, 0.25) is 0 Å². The van der Waals surface area contributed by atoms with Gasteiger partial charge in [-0.2, -0.15) is 0 Å². The fraction of sp³-hybridized carbons (Fsp3) is 0.174. The first-order valence-electron chi connectivity index (χ1n) is 8.92. The maximum absolute atomic E-state index is 14.0. The lowest BCUT2D eigenvalue weighted by atomic mass is 9.92. The summed E-state index contributed by atoms with van der Waals surface area (Å²) in [4.78, 5) is 13.4. The molecule has 0 amide bonds. The van der Waals surface area contributed by atoms with Gasteiger partial charge >= 0.3 is 0 Å². The van der Waals surface area contributed by atoms with Crippen molar-refractivity contribution in [2.75, 3.05) is 28.4 Å². The van der Waals surface area contributed by atoms with Crippen molar-refractivity contribution in [2.45, 2.75) is 0 Å². The van der Waals surface area contributed by atoms with Crippen molar-refractivity contribution in [3.63, 3.8) is 0 Å². The second-order valence-electron chi connectivity index (χ2n) is 6.25. The van der Waals surface area contributed by atoms with Crippen LogP contribution in [0.4, 0.5) is 8.78 Å². The summed E-state index contributed by atoms with van der Waals surface area (Å²) >= 11 is 0. The highest BCUT2D eigenvalue weighted by Crippen LogP contribution is 2.47. The molecule has 30 heavy (non-hydrogen) atoms. The van der Waals surface area contributed by atoms with Crippen molar-refractivity contribution < 1.29 is 32.5 Å². The maximum atomic E-state index is 14.0. The molecule has 0 aliphatic heterocycles. The molecule has 3 rings (SSSR count). The first-order chi connectivity index (χ1) is 14.4. The van der Waals surface area contributed by atoms with Gasteiger partial charge in [0.1, 0.15) is 5.75 Å². The average Bonchev–Trinajstić information content (AvgIpc) is 2.78. The van der Waals surface area contributed by atoms with Gasteiger partial charge in [0.15, 0.2) is 28.9 Å². The van der Waals surface area contributed by atoms with Crippen LogP contribution in [0, 0.1) is 11.6 Å². The number of ether oxygens (including phenoxy) is 4. The Morgan fingerprint density at radius 2 is 1.40 bits per heavy atom. The Morgan fingerprint density at radius 1 is 0.733 bits per heavy atom. The van der Waals surface area contributed by atoms with Crippen LogP contribution in [0.1, 0.15) is 15.9 Å². The predicted octanol–water partition coefficient (Wildman–Crippen LogP) is 4.90. The number of hydrogen-bond acceptors (Lipinski definition) is 5. The SMILES string of the molecule is COc1ccc(C(=O)c2cc(OC)c(OC)c(OC)c2-c2ccc(F)c(F)c2)cc1. The number of ketones is 1. The van der Waals surface area contributed by atoms with Gasteiger partial charge in [-0.1, -0.05) is 6.07 Å². The second kappa shape index (κ2) is 8.82. The lowest BCUT2D eigenvalue weighted by Gasteiger charge is -2.19. The predicted molar refractivity (Wildman–Crippen MR) is 108 cm³/mol. The summed E-state index contributed by atoms with van der Waals surface area (Å²) in [6.07, 6.45) is 0. The minimum atomic E-state index is -1.05. The van der Waals surface area contributed by atoms with Crippen LogP contribution in [0.15, 0.2) is 48.5 Å². The minimum Gasteiger partial charge on any atom is -0.497 e. The van der Waals surface area contributed by atoms with E-state index in [1.54, 1.807) is 24.3 Å². The molecule has 3 aromatic rings. The zero-order valence-corrected chi connectivity index (χ0v) is 16.9. The number of benzene rings is 3. The summed E-state index contributed by atoms with van der Waals surface area (Å²) in [5.41, 5.74) is 1.06. The molecule has 0 saturated carbocycles. The van der Waals surface area contributed by atoms with Gasteiger partial charge in [-0.3, -0.25) is 4.79 Å². The van der Waals surface area contributed by atoms with Gasteiger partial charge in [0.05, 0.1) is 28.4 Å². The van der Waals surface area contributed by atoms with E-state index < -0.39 is 11.6 Å². The van der Waals surface area contributed by atoms with E-state index in [4.69, 9.17) is 18.9 Å². The van der Waals surface area contributed by atoms with E-state index in [1.807, 2.05) is 0 Å². The van der Waals surface area contributed by atoms with Crippen molar-refractivity contribution in [1.82, 2.24) is 0 Å². The number of carbonyl (C=O) groups is 1. The molecule has 0 spiro atoms. The molecule has 5 nitrogen and oxygen atoms in total. The smallest absolute Gasteiger partial charge is 0.203 e. The fourth-order valence-electron chi connectivity index (χ4n) is 3.17. The highest BCUT2D eigenvalue weighted by atomic mass is 19.2. The van der Waals surface area contributed by atoms with Gasteiger partial charge in [-0.05, 0) is 48.0 Å². The molecule has 156 valence electrons. The number of halogens is 2. The Bertz CT molecular complexity index is 1080. The Hall–Kier alpha value is -3.61. The van der Waals surface area contributed by atoms with Gasteiger partial charge in [0.2, 0.25) is 5.75 Å². The van der Waals surface area contributed by atoms with Crippen LogP contribution in [0.25, 0.3) is 11.1 Å². The number of hydrogen-bond donors (Lipinski definition) is 0. The van der Waals surface area contributed by atoms with Gasteiger partial charge in [0.25, 0.3) is 0 Å². The summed E-state index contributed by atoms with van der Waals surface area (Å²) in [6, 6.07) is 11.4. The molecular formula is C23H20F2O5. The quantitative estimate of drug-likeness (QED) is 0.515. The largest absolute Gasteiger partial charge is 0.497 e. The Balaban J connectivity index is 2.31. The molecule has 0 aromatic heterocycles. The topological polar surface area (TPSA) is 54.0 Å². The highest BCUT2D eigenvalue weighted by Gasteiger charge is 2.26. The van der Waals surface area contributed by atoms with E-state index in [0.29, 0.717) is 11.3 Å². The summed E-state index contributed by atoms with van der Waals surface area (Å²) in [5.74, 6) is -1.16. The number of carbonyl (C=O) groups excluding carboxylic acids is 1. The Morgan fingerprint density at radius 3 is 1.93 bits per heavy atom. The van der Waals surface area contributed by atoms with E-state index in [1.165, 1.54) is 40.6 Å². The van der Waals surface area contributed by atoms with Gasteiger partial charge < -0.3 is 18.9 Å². The van der Waals surface area contributed by atoms with Crippen LogP contribution in [-0.4, -0.2) is 34.2 Å². The fourth-order valence-corrected chi connectivity index (χ4v) is 3.17. The summed E-state index contributed by atoms with van der Waals surface area (Å²) in [5, 5.41) is 0. The third-order valence-corrected chi connectivity index (χ3v) is 4.64. The summed E-state index contributed by atoms with van der Waals surface area (Å²) in [6.45, 7) is 0. The zero-order chi connectivity index (χ0) is 21.8. The van der Waals surface area contributed by atoms with Crippen LogP contribution >= 0.6 is 0 Å². The third kappa shape index (κ3) is 3.78. The number of rotatable bonds is 7. The minimum absolute atomic E-state index is 0.166. The first-order valence-corrected chi connectivity index (χ1v) is 8.92. The second-order valence-corrected chi connectivity index (χ2v) is 6.25. The molecule has 0 bridgehead atoms. The van der Waals surface area contributed by atoms with Gasteiger partial charge in [-0.25, -0.2) is 8.78 Å². The zero-order valence-electron chi connectivity index (χ0n) is 16.9. The Kier molecular flexibility index (Phi) is 6.20. The van der Waals surface area contributed by atoms with Crippen molar-refractivity contribution in [2.24, 2.45) is 0 Å². The monoisotopic (exact) mass is 414 g/mol. The lowest BCUT2D eigenvalue weighted by molar-refractivity contribution is 0.103. The molecule has 0 N–H and O–H groups in total. The van der Waals surface area contributed by atoms with Crippen molar-refractivity contribution in [3.05, 3.63) is 71.3 Å². The standard InChI is InChI=1S/C23H20F2O5/c1-27-15-8-5-13(6-9-15)21(26)16-12-19(28-2)22(29-3)23(30-4)20(16)14-7-10-17(24)18(25)11-14/h5-12H,1-4H3. The van der Waals surface area contributed by atoms with Crippen LogP contribution in [0.5, 0.6) is 23.0 Å². The van der Waals surface area contributed by atoms with E-state index >= 15 is 0 Å². The molecule has 0 heterocycles. The first kappa shape index (κ1) is 21.1. The molecule has 0 unspecified atom stereocenters. The molecule has 3 aromatic carbocycles. The highest BCUT2D eigenvalue weighted by molar-refractivity contribution is 6.14. The molecule has 0 fully saturated rings. The molecule has 0 saturated heterocycles. The van der Waals surface area contributed by atoms with E-state index in [0.717, 1.165) is 12.1 Å². The molecule has 7 heteroatoms. The normalized spacial score (nSPS) is 10.5. The van der Waals surface area contributed by atoms with E-state index in [-0.39, 0.29) is 39.7 Å². The van der Waals surface area contributed by atoms with Crippen LogP contribution in [0.3, 0.4) is 0 Å². The maximum Gasteiger partial charge on any atom is 0.203 e. The van der Waals surface area contributed by atoms with Crippen LogP contribution in [-0.2, 0) is 0 Å². The van der Waals surface area contributed by atoms with Crippen molar-refractivity contribution in [3.8, 4) is 34.1 Å². The average molecular weight is 414 g/mol. The third-order valence-electron chi connectivity index (χ3n) is 4.64. The van der Waals surface area contributed by atoms with Crippen molar-refractivity contribution in [1.29, 1.82) is 0 Å². The van der Waals surface area contributed by atoms with E-state index in [9.17, 15) is 13.6 Å². The van der Waals surface area contributed by atoms with Crippen molar-refractivity contribution >= 4 is 5.78 Å². The van der Waals surface area contributed by atoms with Crippen LogP contribution < -0.4 is 18.9 Å². The molecule has 0 aliphatic rings. The molecule has 0 radical (unpaired) electrons. The van der Waals surface area contributed by atoms with E-state index in [2.05, 4.69) is 0 Å². The van der Waals surface area contributed by atoms with Gasteiger partial charge in [0, 0.05) is 16.7 Å². The summed E-state index contributed by atoms with van der Waals surface area (Å²) in [7, 11) is 5.76. The molecule has 0 atom stereocenters. The summed E-state index contributed by atoms with van der Waals surface area (Å²) < 4.78 is 48.9. The Labute approximate surface area is 172 Å². The number of methoxy groups -OCH3 is 4. The molecular weight excluding hydrogens is 394 g/mol. The van der Waals surface area contributed by atoms with Gasteiger partial charge in [-0.15, -0.1) is 0 Å².